The van der Waals surface area contributed by atoms with Gasteiger partial charge in [-0.3, -0.25) is 14.5 Å². The number of aromatic nitrogens is 5. The van der Waals surface area contributed by atoms with Crippen LogP contribution in [0.4, 0.5) is 4.39 Å². The third-order valence-electron chi connectivity index (χ3n) is 4.62. The molecule has 0 atom stereocenters. The zero-order valence-corrected chi connectivity index (χ0v) is 15.6. The Morgan fingerprint density at radius 2 is 2.11 bits per heavy atom. The van der Waals surface area contributed by atoms with E-state index in [1.807, 2.05) is 11.5 Å². The van der Waals surface area contributed by atoms with Crippen LogP contribution >= 0.6 is 12.2 Å². The van der Waals surface area contributed by atoms with Crippen LogP contribution in [0.1, 0.15) is 47.7 Å². The molecule has 7 nitrogen and oxygen atoms in total. The van der Waals surface area contributed by atoms with Gasteiger partial charge in [0, 0.05) is 6.04 Å². The first-order valence-corrected chi connectivity index (χ1v) is 9.26. The van der Waals surface area contributed by atoms with Crippen molar-refractivity contribution in [3.63, 3.8) is 0 Å². The van der Waals surface area contributed by atoms with E-state index in [0.717, 1.165) is 24.4 Å². The van der Waals surface area contributed by atoms with Crippen molar-refractivity contribution < 1.29 is 9.18 Å². The molecule has 27 heavy (non-hydrogen) atoms. The summed E-state index contributed by atoms with van der Waals surface area (Å²) in [5, 5.41) is 14.2. The lowest BCUT2D eigenvalue weighted by Crippen LogP contribution is -2.25. The monoisotopic (exact) mass is 386 g/mol. The van der Waals surface area contributed by atoms with Gasteiger partial charge in [-0.1, -0.05) is 6.92 Å². The average molecular weight is 386 g/mol. The predicted octanol–water partition coefficient (Wildman–Crippen LogP) is 3.09. The molecule has 1 aliphatic carbocycles. The van der Waals surface area contributed by atoms with Gasteiger partial charge in [0.2, 0.25) is 0 Å². The fourth-order valence-corrected chi connectivity index (χ4v) is 3.43. The standard InChI is InChI=1S/C18H19FN6OS/c1-2-15-14(9-21-25(15)13-5-3-11(19)4-6-13)17(26)20-10-16-22-23-18(27)24(16)12-7-8-12/h3-6,9,12H,2,7-8,10H2,1H3,(H,20,26)(H,23,27). The molecule has 140 valence electrons. The molecule has 3 aromatic rings. The molecular formula is C18H19FN6OS. The maximum Gasteiger partial charge on any atom is 0.255 e. The lowest BCUT2D eigenvalue weighted by Gasteiger charge is -2.09. The maximum absolute atomic E-state index is 13.2. The van der Waals surface area contributed by atoms with Crippen LogP contribution in [0.15, 0.2) is 30.5 Å². The molecular weight excluding hydrogens is 367 g/mol. The van der Waals surface area contributed by atoms with Crippen LogP contribution in [-0.2, 0) is 13.0 Å². The average Bonchev–Trinajstić information content (AvgIpc) is 3.30. The minimum Gasteiger partial charge on any atom is -0.345 e. The van der Waals surface area contributed by atoms with Crippen LogP contribution in [0, 0.1) is 10.6 Å². The highest BCUT2D eigenvalue weighted by atomic mass is 32.1. The van der Waals surface area contributed by atoms with Gasteiger partial charge in [0.15, 0.2) is 10.6 Å². The third kappa shape index (κ3) is 3.42. The van der Waals surface area contributed by atoms with Crippen molar-refractivity contribution in [3.8, 4) is 5.69 Å². The Labute approximate surface area is 160 Å². The van der Waals surface area contributed by atoms with Crippen LogP contribution in [0.25, 0.3) is 5.69 Å². The van der Waals surface area contributed by atoms with E-state index in [1.165, 1.54) is 18.3 Å². The van der Waals surface area contributed by atoms with E-state index in [1.54, 1.807) is 16.8 Å². The maximum atomic E-state index is 13.2. The summed E-state index contributed by atoms with van der Waals surface area (Å²) in [6, 6.07) is 6.40. The molecule has 0 bridgehead atoms. The highest BCUT2D eigenvalue weighted by Gasteiger charge is 2.27. The third-order valence-corrected chi connectivity index (χ3v) is 4.90. The normalized spacial score (nSPS) is 13.7. The smallest absolute Gasteiger partial charge is 0.255 e. The summed E-state index contributed by atoms with van der Waals surface area (Å²) in [4.78, 5) is 12.7. The molecule has 1 aliphatic rings. The van der Waals surface area contributed by atoms with Gasteiger partial charge in [-0.05, 0) is 55.7 Å². The Kier molecular flexibility index (Phi) is 4.61. The first kappa shape index (κ1) is 17.6. The summed E-state index contributed by atoms with van der Waals surface area (Å²) in [6.45, 7) is 2.24. The number of hydrogen-bond donors (Lipinski definition) is 2. The molecule has 1 fully saturated rings. The predicted molar refractivity (Wildman–Crippen MR) is 99.8 cm³/mol. The molecule has 0 spiro atoms. The van der Waals surface area contributed by atoms with Gasteiger partial charge < -0.3 is 5.32 Å². The van der Waals surface area contributed by atoms with Crippen molar-refractivity contribution in [2.75, 3.05) is 0 Å². The molecule has 2 heterocycles. The largest absolute Gasteiger partial charge is 0.345 e. The van der Waals surface area contributed by atoms with Gasteiger partial charge in [-0.2, -0.15) is 10.2 Å². The summed E-state index contributed by atoms with van der Waals surface area (Å²) in [6.07, 6.45) is 4.31. The van der Waals surface area contributed by atoms with Gasteiger partial charge in [0.25, 0.3) is 5.91 Å². The van der Waals surface area contributed by atoms with Crippen molar-refractivity contribution in [3.05, 3.63) is 58.1 Å². The van der Waals surface area contributed by atoms with E-state index >= 15 is 0 Å². The lowest BCUT2D eigenvalue weighted by molar-refractivity contribution is 0.0948. The SMILES string of the molecule is CCc1c(C(=O)NCc2n[nH]c(=S)n2C2CC2)cnn1-c1ccc(F)cc1. The number of nitrogens with one attached hydrogen (secondary N) is 2. The number of hydrogen-bond acceptors (Lipinski definition) is 4. The van der Waals surface area contributed by atoms with E-state index in [2.05, 4.69) is 20.6 Å². The molecule has 1 saturated carbocycles. The van der Waals surface area contributed by atoms with Gasteiger partial charge in [-0.15, -0.1) is 0 Å². The molecule has 9 heteroatoms. The Balaban J connectivity index is 1.54. The first-order valence-electron chi connectivity index (χ1n) is 8.85. The van der Waals surface area contributed by atoms with Crippen molar-refractivity contribution in [2.24, 2.45) is 0 Å². The number of H-pyrrole nitrogens is 1. The first-order chi connectivity index (χ1) is 13.1. The number of carbonyl (C=O) groups is 1. The topological polar surface area (TPSA) is 80.5 Å². The van der Waals surface area contributed by atoms with Crippen LogP contribution < -0.4 is 5.32 Å². The number of halogens is 1. The van der Waals surface area contributed by atoms with Crippen molar-refractivity contribution in [1.82, 2.24) is 29.9 Å². The number of amides is 1. The quantitative estimate of drug-likeness (QED) is 0.638. The molecule has 0 saturated heterocycles. The highest BCUT2D eigenvalue weighted by molar-refractivity contribution is 7.71. The molecule has 0 aliphatic heterocycles. The number of benzene rings is 1. The second-order valence-electron chi connectivity index (χ2n) is 6.48. The summed E-state index contributed by atoms with van der Waals surface area (Å²) in [7, 11) is 0. The Morgan fingerprint density at radius 1 is 1.37 bits per heavy atom. The second kappa shape index (κ2) is 7.07. The molecule has 4 rings (SSSR count). The molecule has 0 unspecified atom stereocenters. The lowest BCUT2D eigenvalue weighted by atomic mass is 10.2. The molecule has 0 radical (unpaired) electrons. The van der Waals surface area contributed by atoms with E-state index in [4.69, 9.17) is 12.2 Å². The van der Waals surface area contributed by atoms with Crippen molar-refractivity contribution in [1.29, 1.82) is 0 Å². The summed E-state index contributed by atoms with van der Waals surface area (Å²) < 4.78 is 17.4. The minimum absolute atomic E-state index is 0.225. The van der Waals surface area contributed by atoms with Gasteiger partial charge >= 0.3 is 0 Å². The van der Waals surface area contributed by atoms with Crippen LogP contribution in [-0.4, -0.2) is 30.5 Å². The number of rotatable bonds is 6. The Bertz CT molecular complexity index is 1030. The summed E-state index contributed by atoms with van der Waals surface area (Å²) in [5.41, 5.74) is 1.97. The van der Waals surface area contributed by atoms with Crippen LogP contribution in [0.5, 0.6) is 0 Å². The van der Waals surface area contributed by atoms with E-state index in [9.17, 15) is 9.18 Å². The van der Waals surface area contributed by atoms with E-state index in [-0.39, 0.29) is 18.3 Å². The number of aromatic amines is 1. The highest BCUT2D eigenvalue weighted by Crippen LogP contribution is 2.35. The van der Waals surface area contributed by atoms with Gasteiger partial charge in [0.1, 0.15) is 5.82 Å². The minimum atomic E-state index is -0.314. The van der Waals surface area contributed by atoms with Gasteiger partial charge in [0.05, 0.1) is 29.7 Å². The molecule has 2 aromatic heterocycles. The number of nitrogens with zero attached hydrogens (tertiary/aromatic N) is 4. The summed E-state index contributed by atoms with van der Waals surface area (Å²) >= 11 is 5.26. The molecule has 2 N–H and O–H groups in total. The van der Waals surface area contributed by atoms with E-state index < -0.39 is 0 Å². The Hall–Kier alpha value is -2.81. The van der Waals surface area contributed by atoms with Crippen LogP contribution in [0.2, 0.25) is 0 Å². The van der Waals surface area contributed by atoms with E-state index in [0.29, 0.717) is 28.5 Å². The zero-order chi connectivity index (χ0) is 19.0. The van der Waals surface area contributed by atoms with Crippen molar-refractivity contribution in [2.45, 2.75) is 38.8 Å². The fourth-order valence-electron chi connectivity index (χ4n) is 3.13. The molecule has 1 amide bonds. The molecule has 1 aromatic carbocycles. The van der Waals surface area contributed by atoms with Crippen molar-refractivity contribution >= 4 is 18.1 Å². The number of carbonyl (C=O) groups excluding carboxylic acids is 1. The Morgan fingerprint density at radius 3 is 2.78 bits per heavy atom. The van der Waals surface area contributed by atoms with Gasteiger partial charge in [-0.25, -0.2) is 9.07 Å². The second-order valence-corrected chi connectivity index (χ2v) is 6.86. The summed E-state index contributed by atoms with van der Waals surface area (Å²) in [5.74, 6) is 0.183. The fraction of sp³-hybridized carbons (Fsp3) is 0.333. The van der Waals surface area contributed by atoms with Crippen LogP contribution in [0.3, 0.4) is 0 Å². The zero-order valence-electron chi connectivity index (χ0n) is 14.8.